The first-order valence-corrected chi connectivity index (χ1v) is 19.4. The van der Waals surface area contributed by atoms with Crippen molar-refractivity contribution >= 4 is 16.4 Å². The van der Waals surface area contributed by atoms with Gasteiger partial charge in [-0.1, -0.05) is 53.2 Å². The number of aliphatic hydroxyl groups excluding tert-OH is 4. The van der Waals surface area contributed by atoms with Gasteiger partial charge in [-0.25, -0.2) is 8.42 Å². The number of esters is 1. The molecule has 1 heterocycles. The van der Waals surface area contributed by atoms with Crippen LogP contribution in [0.2, 0.25) is 0 Å². The van der Waals surface area contributed by atoms with E-state index in [0.29, 0.717) is 44.9 Å². The minimum atomic E-state index is -4.85. The Bertz CT molecular complexity index is 1470. The van der Waals surface area contributed by atoms with Crippen molar-refractivity contribution in [2.75, 3.05) is 6.61 Å². The summed E-state index contributed by atoms with van der Waals surface area (Å²) in [5.74, 6) is -1.01. The molecule has 1 aliphatic heterocycles. The summed E-state index contributed by atoms with van der Waals surface area (Å²) in [5, 5.41) is 53.5. The molecule has 1 saturated heterocycles. The van der Waals surface area contributed by atoms with E-state index in [2.05, 4.69) is 26.8 Å². The average molecular weight is 737 g/mol. The maximum Gasteiger partial charge on any atom is 1.00 e. The van der Waals surface area contributed by atoms with Crippen LogP contribution in [0, 0.1) is 50.7 Å². The van der Waals surface area contributed by atoms with Crippen molar-refractivity contribution in [1.29, 1.82) is 0 Å². The van der Waals surface area contributed by atoms with Crippen LogP contribution in [0.5, 0.6) is 0 Å². The summed E-state index contributed by atoms with van der Waals surface area (Å²) in [6.07, 6.45) is -0.587. The number of ether oxygens (including phenoxy) is 2. The zero-order valence-electron chi connectivity index (χ0n) is 30.9. The van der Waals surface area contributed by atoms with E-state index < -0.39 is 87.5 Å². The molecule has 5 fully saturated rings. The van der Waals surface area contributed by atoms with Crippen LogP contribution < -0.4 is 29.6 Å². The Labute approximate surface area is 319 Å². The number of aliphatic hydroxyl groups is 5. The van der Waals surface area contributed by atoms with Crippen LogP contribution in [-0.4, -0.2) is 93.5 Å². The molecule has 0 unspecified atom stereocenters. The zero-order chi connectivity index (χ0) is 36.3. The number of rotatable bonds is 5. The molecule has 0 aromatic carbocycles. The SMILES string of the molecule is C[C@@H]1CC[C@]2(C(=O)O[C@@H]3O[C@H](CO)[C@@H](O)[C@H](O)[C@H]3O)CC[C@]3(C)C(=CC[C@@H]4[C@@]5(C)CC[C@H](OS(=O)(=O)[O-])C(C)(C)[C@@H]5CC[C@]43C)[C@@H]2[C@]1(C)O.[Na+]. The van der Waals surface area contributed by atoms with Crippen LogP contribution in [0.25, 0.3) is 0 Å². The average Bonchev–Trinajstić information content (AvgIpc) is 3.00. The largest absolute Gasteiger partial charge is 1.00 e. The summed E-state index contributed by atoms with van der Waals surface area (Å²) in [7, 11) is -4.85. The van der Waals surface area contributed by atoms with Crippen molar-refractivity contribution in [3.63, 3.8) is 0 Å². The number of carbonyl (C=O) groups is 1. The summed E-state index contributed by atoms with van der Waals surface area (Å²) in [6.45, 7) is 14.2. The molecule has 6 rings (SSSR count). The molecule has 12 nitrogen and oxygen atoms in total. The summed E-state index contributed by atoms with van der Waals surface area (Å²) in [5.41, 5.74) is -2.69. The Kier molecular flexibility index (Phi) is 10.9. The van der Waals surface area contributed by atoms with Crippen molar-refractivity contribution in [1.82, 2.24) is 0 Å². The van der Waals surface area contributed by atoms with Crippen molar-refractivity contribution in [2.45, 2.75) is 149 Å². The Morgan fingerprint density at radius 3 is 2.22 bits per heavy atom. The second-order valence-electron chi connectivity index (χ2n) is 18.0. The summed E-state index contributed by atoms with van der Waals surface area (Å²) < 4.78 is 51.6. The quantitative estimate of drug-likeness (QED) is 0.0830. The van der Waals surface area contributed by atoms with Gasteiger partial charge in [-0.15, -0.1) is 0 Å². The van der Waals surface area contributed by atoms with Gasteiger partial charge in [-0.05, 0) is 104 Å². The molecule has 0 aromatic rings. The van der Waals surface area contributed by atoms with Crippen molar-refractivity contribution in [3.05, 3.63) is 11.6 Å². The molecular weight excluding hydrogens is 679 g/mol. The summed E-state index contributed by atoms with van der Waals surface area (Å²) in [6, 6.07) is 0. The van der Waals surface area contributed by atoms with Crippen LogP contribution in [-0.2, 0) is 28.9 Å². The van der Waals surface area contributed by atoms with E-state index in [1.54, 1.807) is 0 Å². The fourth-order valence-electron chi connectivity index (χ4n) is 12.5. The number of fused-ring (bicyclic) bond motifs is 7. The van der Waals surface area contributed by atoms with Gasteiger partial charge in [0.1, 0.15) is 24.4 Å². The third-order valence-electron chi connectivity index (χ3n) is 15.7. The number of hydrogen-bond donors (Lipinski definition) is 5. The third-order valence-corrected chi connectivity index (χ3v) is 16.2. The maximum atomic E-state index is 14.5. The molecule has 280 valence electrons. The van der Waals surface area contributed by atoms with E-state index in [1.165, 1.54) is 0 Å². The van der Waals surface area contributed by atoms with Gasteiger partial charge in [0.05, 0.1) is 23.7 Å². The van der Waals surface area contributed by atoms with Crippen LogP contribution in [0.3, 0.4) is 0 Å². The molecule has 6 aliphatic rings. The number of carbonyl (C=O) groups excluding carboxylic acids is 1. The molecule has 0 aromatic heterocycles. The van der Waals surface area contributed by atoms with Crippen LogP contribution in [0.15, 0.2) is 11.6 Å². The molecule has 5 aliphatic carbocycles. The predicted molar refractivity (Wildman–Crippen MR) is 175 cm³/mol. The Morgan fingerprint density at radius 2 is 1.60 bits per heavy atom. The predicted octanol–water partition coefficient (Wildman–Crippen LogP) is -0.0486. The van der Waals surface area contributed by atoms with E-state index in [1.807, 2.05) is 27.7 Å². The molecular formula is C36H57NaO12S. The monoisotopic (exact) mass is 736 g/mol. The van der Waals surface area contributed by atoms with Crippen molar-refractivity contribution in [2.24, 2.45) is 50.7 Å². The Hall–Kier alpha value is -0.160. The van der Waals surface area contributed by atoms with E-state index >= 15 is 0 Å². The van der Waals surface area contributed by atoms with E-state index in [4.69, 9.17) is 13.7 Å². The molecule has 0 amide bonds. The molecule has 0 radical (unpaired) electrons. The minimum Gasteiger partial charge on any atom is -0.726 e. The number of hydrogen-bond acceptors (Lipinski definition) is 12. The van der Waals surface area contributed by atoms with Gasteiger partial charge in [0, 0.05) is 5.92 Å². The van der Waals surface area contributed by atoms with Crippen molar-refractivity contribution in [3.8, 4) is 0 Å². The van der Waals surface area contributed by atoms with Crippen LogP contribution in [0.4, 0.5) is 0 Å². The smallest absolute Gasteiger partial charge is 0.726 e. The topological polar surface area (TPSA) is 203 Å². The standard InChI is InChI=1S/C36H58O12S.Na/c1-19-10-15-36(30(41)47-29-27(40)26(39)25(38)21(18-37)46-29)17-16-33(5)20(28(36)35(19,7)42)8-9-23-32(4)13-12-24(48-49(43,44)45)31(2,3)22(32)11-14-34(23,33)6;/h8,19,21-29,37-40,42H,9-18H2,1-7H3,(H,43,44,45);/q;+1/p-1/t19-,21-,22+,23-,24+,25-,26+,27-,28-,29+,32+,33-,34-,35-,36+;/m1./s1. The fraction of sp³-hybridized carbons (Fsp3) is 0.917. The van der Waals surface area contributed by atoms with Gasteiger partial charge in [-0.3, -0.25) is 8.98 Å². The molecule has 0 bridgehead atoms. The van der Waals surface area contributed by atoms with Gasteiger partial charge in [0.2, 0.25) is 16.7 Å². The second-order valence-corrected chi connectivity index (χ2v) is 19.0. The van der Waals surface area contributed by atoms with E-state index in [-0.39, 0.29) is 58.1 Å². The molecule has 0 spiro atoms. The first-order valence-electron chi connectivity index (χ1n) is 18.1. The van der Waals surface area contributed by atoms with Gasteiger partial charge in [-0.2, -0.15) is 0 Å². The Balaban J connectivity index is 0.00000486. The fourth-order valence-corrected chi connectivity index (χ4v) is 13.1. The summed E-state index contributed by atoms with van der Waals surface area (Å²) >= 11 is 0. The molecule has 4 saturated carbocycles. The normalized spacial score (nSPS) is 51.4. The van der Waals surface area contributed by atoms with Gasteiger partial charge < -0.3 is 39.6 Å². The van der Waals surface area contributed by atoms with Crippen LogP contribution >= 0.6 is 0 Å². The maximum absolute atomic E-state index is 14.5. The minimum absolute atomic E-state index is 0. The molecule has 15 atom stereocenters. The molecule has 14 heteroatoms. The van der Waals surface area contributed by atoms with Crippen molar-refractivity contribution < 1.29 is 86.5 Å². The zero-order valence-corrected chi connectivity index (χ0v) is 33.7. The first kappa shape index (κ1) is 41.0. The van der Waals surface area contributed by atoms with Gasteiger partial charge in [0.25, 0.3) is 0 Å². The van der Waals surface area contributed by atoms with Crippen LogP contribution in [0.1, 0.15) is 106 Å². The molecule has 50 heavy (non-hydrogen) atoms. The molecule has 5 N–H and O–H groups in total. The van der Waals surface area contributed by atoms with Gasteiger partial charge >= 0.3 is 35.5 Å². The Morgan fingerprint density at radius 1 is 0.940 bits per heavy atom. The summed E-state index contributed by atoms with van der Waals surface area (Å²) in [4.78, 5) is 14.5. The van der Waals surface area contributed by atoms with Gasteiger partial charge in [0.15, 0.2) is 0 Å². The first-order chi connectivity index (χ1) is 22.5. The number of allylic oxidation sites excluding steroid dienone is 1. The van der Waals surface area contributed by atoms with E-state index in [0.717, 1.165) is 18.4 Å². The van der Waals surface area contributed by atoms with E-state index in [9.17, 15) is 43.3 Å². The third kappa shape index (κ3) is 5.86. The second kappa shape index (κ2) is 13.3.